The normalized spacial score (nSPS) is 14.1. The standard InChI is InChI=1S/C5H13NS/c1-5(7)3-2-4-6/h5,7H,2-4,6H2,1H3/t5-/m1/s1. The van der Waals surface area contributed by atoms with Gasteiger partial charge in [-0.2, -0.15) is 12.6 Å². The van der Waals surface area contributed by atoms with Crippen LogP contribution >= 0.6 is 12.6 Å². The molecule has 2 heteroatoms. The molecule has 0 aromatic heterocycles. The topological polar surface area (TPSA) is 26.0 Å². The molecule has 0 amide bonds. The minimum absolute atomic E-state index is 0.517. The molecule has 44 valence electrons. The molecule has 0 radical (unpaired) electrons. The van der Waals surface area contributed by atoms with Gasteiger partial charge < -0.3 is 5.73 Å². The maximum Gasteiger partial charge on any atom is -0.00111 e. The summed E-state index contributed by atoms with van der Waals surface area (Å²) < 4.78 is 0. The fourth-order valence-corrected chi connectivity index (χ4v) is 0.596. The van der Waals surface area contributed by atoms with Gasteiger partial charge in [-0.05, 0) is 24.6 Å². The van der Waals surface area contributed by atoms with Gasteiger partial charge in [-0.1, -0.05) is 6.92 Å². The van der Waals surface area contributed by atoms with Crippen LogP contribution in [0.5, 0.6) is 0 Å². The highest BCUT2D eigenvalue weighted by Crippen LogP contribution is 2.00. The molecule has 0 fully saturated rings. The predicted molar refractivity (Wildman–Crippen MR) is 36.7 cm³/mol. The number of thiol groups is 1. The van der Waals surface area contributed by atoms with Crippen molar-refractivity contribution in [1.82, 2.24) is 0 Å². The van der Waals surface area contributed by atoms with Crippen LogP contribution in [0.3, 0.4) is 0 Å². The van der Waals surface area contributed by atoms with Crippen LogP contribution in [0.1, 0.15) is 19.8 Å². The van der Waals surface area contributed by atoms with Gasteiger partial charge in [0.05, 0.1) is 0 Å². The van der Waals surface area contributed by atoms with Crippen LogP contribution < -0.4 is 5.73 Å². The Hall–Kier alpha value is 0.310. The van der Waals surface area contributed by atoms with Crippen molar-refractivity contribution in [3.63, 3.8) is 0 Å². The molecule has 0 bridgehead atoms. The minimum Gasteiger partial charge on any atom is -0.330 e. The molecule has 0 aromatic rings. The first-order valence-electron chi connectivity index (χ1n) is 2.65. The van der Waals surface area contributed by atoms with E-state index in [1.807, 2.05) is 0 Å². The van der Waals surface area contributed by atoms with E-state index in [0.29, 0.717) is 5.25 Å². The maximum atomic E-state index is 5.24. The lowest BCUT2D eigenvalue weighted by Crippen LogP contribution is -2.01. The molecule has 0 aliphatic rings. The molecule has 0 rings (SSSR count). The fourth-order valence-electron chi connectivity index (χ4n) is 0.413. The third kappa shape index (κ3) is 6.31. The molecule has 0 aliphatic heterocycles. The Labute approximate surface area is 50.7 Å². The van der Waals surface area contributed by atoms with Crippen molar-refractivity contribution in [2.75, 3.05) is 6.54 Å². The van der Waals surface area contributed by atoms with Crippen molar-refractivity contribution < 1.29 is 0 Å². The molecule has 7 heavy (non-hydrogen) atoms. The Kier molecular flexibility index (Phi) is 4.67. The SMILES string of the molecule is C[C@@H](S)CCCN. The van der Waals surface area contributed by atoms with E-state index < -0.39 is 0 Å². The van der Waals surface area contributed by atoms with Crippen LogP contribution in [0.25, 0.3) is 0 Å². The number of rotatable bonds is 3. The smallest absolute Gasteiger partial charge is 0.00111 e. The number of hydrogen-bond donors (Lipinski definition) is 2. The van der Waals surface area contributed by atoms with Crippen molar-refractivity contribution in [3.05, 3.63) is 0 Å². The van der Waals surface area contributed by atoms with E-state index in [1.54, 1.807) is 0 Å². The van der Waals surface area contributed by atoms with Gasteiger partial charge in [-0.25, -0.2) is 0 Å². The maximum absolute atomic E-state index is 5.24. The average molecular weight is 119 g/mol. The Morgan fingerprint density at radius 2 is 2.29 bits per heavy atom. The molecule has 0 saturated heterocycles. The Morgan fingerprint density at radius 1 is 1.71 bits per heavy atom. The van der Waals surface area contributed by atoms with Crippen molar-refractivity contribution in [3.8, 4) is 0 Å². The third-order valence-electron chi connectivity index (χ3n) is 0.826. The van der Waals surface area contributed by atoms with Gasteiger partial charge >= 0.3 is 0 Å². The largest absolute Gasteiger partial charge is 0.330 e. The molecule has 0 spiro atoms. The Balaban J connectivity index is 2.68. The quantitative estimate of drug-likeness (QED) is 0.533. The molecule has 0 saturated carbocycles. The summed E-state index contributed by atoms with van der Waals surface area (Å²) >= 11 is 4.18. The number of hydrogen-bond acceptors (Lipinski definition) is 2. The summed E-state index contributed by atoms with van der Waals surface area (Å²) in [6.07, 6.45) is 2.24. The summed E-state index contributed by atoms with van der Waals surface area (Å²) in [6.45, 7) is 2.88. The van der Waals surface area contributed by atoms with Crippen molar-refractivity contribution in [2.45, 2.75) is 25.0 Å². The second kappa shape index (κ2) is 4.47. The van der Waals surface area contributed by atoms with Gasteiger partial charge in [0, 0.05) is 0 Å². The molecule has 0 aliphatic carbocycles. The lowest BCUT2D eigenvalue weighted by Gasteiger charge is -1.98. The first kappa shape index (κ1) is 7.31. The summed E-state index contributed by atoms with van der Waals surface area (Å²) in [7, 11) is 0. The lowest BCUT2D eigenvalue weighted by atomic mass is 10.2. The zero-order valence-corrected chi connectivity index (χ0v) is 5.62. The molecule has 1 atom stereocenters. The van der Waals surface area contributed by atoms with Crippen LogP contribution in [0.4, 0.5) is 0 Å². The van der Waals surface area contributed by atoms with Gasteiger partial charge in [-0.15, -0.1) is 0 Å². The van der Waals surface area contributed by atoms with E-state index in [-0.39, 0.29) is 0 Å². The zero-order chi connectivity index (χ0) is 5.70. The van der Waals surface area contributed by atoms with E-state index in [9.17, 15) is 0 Å². The molecular formula is C5H13NS. The van der Waals surface area contributed by atoms with Crippen LogP contribution in [-0.2, 0) is 0 Å². The Morgan fingerprint density at radius 3 is 2.43 bits per heavy atom. The summed E-state index contributed by atoms with van der Waals surface area (Å²) in [6, 6.07) is 0. The van der Waals surface area contributed by atoms with E-state index in [0.717, 1.165) is 19.4 Å². The summed E-state index contributed by atoms with van der Waals surface area (Å²) in [5.74, 6) is 0. The molecular weight excluding hydrogens is 106 g/mol. The third-order valence-corrected chi connectivity index (χ3v) is 1.08. The molecule has 1 nitrogen and oxygen atoms in total. The second-order valence-electron chi connectivity index (χ2n) is 1.78. The van der Waals surface area contributed by atoms with Crippen molar-refractivity contribution in [1.29, 1.82) is 0 Å². The number of nitrogens with two attached hydrogens (primary N) is 1. The van der Waals surface area contributed by atoms with Crippen LogP contribution in [0.15, 0.2) is 0 Å². The van der Waals surface area contributed by atoms with E-state index in [4.69, 9.17) is 5.73 Å². The van der Waals surface area contributed by atoms with E-state index in [2.05, 4.69) is 19.6 Å². The van der Waals surface area contributed by atoms with E-state index >= 15 is 0 Å². The zero-order valence-electron chi connectivity index (χ0n) is 4.72. The highest BCUT2D eigenvalue weighted by molar-refractivity contribution is 7.80. The first-order valence-corrected chi connectivity index (χ1v) is 3.17. The highest BCUT2D eigenvalue weighted by atomic mass is 32.1. The summed E-state index contributed by atoms with van der Waals surface area (Å²) in [5.41, 5.74) is 5.24. The van der Waals surface area contributed by atoms with Crippen molar-refractivity contribution in [2.24, 2.45) is 5.73 Å². The van der Waals surface area contributed by atoms with Gasteiger partial charge in [0.15, 0.2) is 0 Å². The van der Waals surface area contributed by atoms with Gasteiger partial charge in [0.25, 0.3) is 0 Å². The van der Waals surface area contributed by atoms with Crippen LogP contribution in [-0.4, -0.2) is 11.8 Å². The molecule has 0 unspecified atom stereocenters. The van der Waals surface area contributed by atoms with E-state index in [1.165, 1.54) is 0 Å². The Bertz CT molecular complexity index is 37.1. The molecule has 2 N–H and O–H groups in total. The molecule has 0 heterocycles. The predicted octanol–water partition coefficient (Wildman–Crippen LogP) is 1.04. The summed E-state index contributed by atoms with van der Waals surface area (Å²) in [5, 5.41) is 0.517. The summed E-state index contributed by atoms with van der Waals surface area (Å²) in [4.78, 5) is 0. The minimum atomic E-state index is 0.517. The van der Waals surface area contributed by atoms with Gasteiger partial charge in [0.1, 0.15) is 0 Å². The lowest BCUT2D eigenvalue weighted by molar-refractivity contribution is 0.742. The van der Waals surface area contributed by atoms with Gasteiger partial charge in [0.2, 0.25) is 0 Å². The van der Waals surface area contributed by atoms with Gasteiger partial charge in [-0.3, -0.25) is 0 Å². The molecule has 0 aromatic carbocycles. The average Bonchev–Trinajstić information content (AvgIpc) is 1.61. The van der Waals surface area contributed by atoms with Crippen molar-refractivity contribution >= 4 is 12.6 Å². The first-order chi connectivity index (χ1) is 3.27. The fraction of sp³-hybridized carbons (Fsp3) is 1.00. The monoisotopic (exact) mass is 119 g/mol. The van der Waals surface area contributed by atoms with Crippen LogP contribution in [0, 0.1) is 0 Å². The highest BCUT2D eigenvalue weighted by Gasteiger charge is 1.89. The second-order valence-corrected chi connectivity index (χ2v) is 2.66. The van der Waals surface area contributed by atoms with Crippen LogP contribution in [0.2, 0.25) is 0 Å².